The zero-order valence-electron chi connectivity index (χ0n) is 14.6. The summed E-state index contributed by atoms with van der Waals surface area (Å²) >= 11 is 0. The molecule has 2 heterocycles. The highest BCUT2D eigenvalue weighted by molar-refractivity contribution is 6.02. The molecule has 1 aliphatic heterocycles. The monoisotopic (exact) mass is 323 g/mol. The number of H-pyrrole nitrogens is 1. The Labute approximate surface area is 143 Å². The Kier molecular flexibility index (Phi) is 4.84. The minimum atomic E-state index is -0.303. The van der Waals surface area contributed by atoms with Crippen molar-refractivity contribution in [3.63, 3.8) is 0 Å². The first-order valence-electron chi connectivity index (χ1n) is 8.68. The van der Waals surface area contributed by atoms with Gasteiger partial charge in [0.2, 0.25) is 0 Å². The van der Waals surface area contributed by atoms with Crippen molar-refractivity contribution in [2.24, 2.45) is 10.9 Å². The van der Waals surface area contributed by atoms with Crippen LogP contribution < -0.4 is 5.32 Å². The minimum Gasteiger partial charge on any atom is -0.373 e. The van der Waals surface area contributed by atoms with Gasteiger partial charge in [-0.1, -0.05) is 39.0 Å². The molecule has 1 unspecified atom stereocenters. The smallest absolute Gasteiger partial charge is 0.148 e. The fourth-order valence-electron chi connectivity index (χ4n) is 3.28. The molecular weight excluding hydrogens is 298 g/mol. The van der Waals surface area contributed by atoms with E-state index in [9.17, 15) is 4.79 Å². The SMILES string of the molecule is CCC1=C(Cc2c[nH]c3ccccc23)NC(C=O)C(CC(C)C)=N1. The lowest BCUT2D eigenvalue weighted by Crippen LogP contribution is -2.42. The van der Waals surface area contributed by atoms with Crippen LogP contribution in [-0.2, 0) is 11.2 Å². The van der Waals surface area contributed by atoms with Crippen LogP contribution in [0.2, 0.25) is 0 Å². The topological polar surface area (TPSA) is 57.2 Å². The molecule has 3 rings (SSSR count). The number of rotatable bonds is 6. The predicted molar refractivity (Wildman–Crippen MR) is 99.2 cm³/mol. The van der Waals surface area contributed by atoms with Gasteiger partial charge in [-0.05, 0) is 30.4 Å². The highest BCUT2D eigenvalue weighted by atomic mass is 16.1. The van der Waals surface area contributed by atoms with Gasteiger partial charge in [0, 0.05) is 34.9 Å². The largest absolute Gasteiger partial charge is 0.373 e. The van der Waals surface area contributed by atoms with E-state index in [1.165, 1.54) is 10.9 Å². The van der Waals surface area contributed by atoms with Crippen LogP contribution in [0.3, 0.4) is 0 Å². The van der Waals surface area contributed by atoms with Gasteiger partial charge in [-0.15, -0.1) is 0 Å². The summed E-state index contributed by atoms with van der Waals surface area (Å²) in [6, 6.07) is 7.98. The van der Waals surface area contributed by atoms with Crippen molar-refractivity contribution in [3.05, 3.63) is 47.4 Å². The van der Waals surface area contributed by atoms with Gasteiger partial charge in [0.15, 0.2) is 0 Å². The van der Waals surface area contributed by atoms with Crippen molar-refractivity contribution in [3.8, 4) is 0 Å². The van der Waals surface area contributed by atoms with Crippen molar-refractivity contribution in [1.82, 2.24) is 10.3 Å². The molecule has 0 saturated heterocycles. The van der Waals surface area contributed by atoms with E-state index >= 15 is 0 Å². The Hall–Kier alpha value is -2.36. The van der Waals surface area contributed by atoms with E-state index in [4.69, 9.17) is 4.99 Å². The maximum atomic E-state index is 11.5. The van der Waals surface area contributed by atoms with E-state index in [2.05, 4.69) is 55.5 Å². The first-order valence-corrected chi connectivity index (χ1v) is 8.68. The van der Waals surface area contributed by atoms with Gasteiger partial charge in [0.05, 0.1) is 5.70 Å². The number of aliphatic imine (C=N–C) groups is 1. The molecule has 126 valence electrons. The number of carbonyl (C=O) groups excluding carboxylic acids is 1. The fourth-order valence-corrected chi connectivity index (χ4v) is 3.28. The average molecular weight is 323 g/mol. The molecule has 0 bridgehead atoms. The summed E-state index contributed by atoms with van der Waals surface area (Å²) in [5.41, 5.74) is 5.45. The lowest BCUT2D eigenvalue weighted by molar-refractivity contribution is -0.108. The molecule has 4 heteroatoms. The number of allylic oxidation sites excluding steroid dienone is 2. The van der Waals surface area contributed by atoms with Gasteiger partial charge in [-0.25, -0.2) is 0 Å². The van der Waals surface area contributed by atoms with E-state index in [0.29, 0.717) is 5.92 Å². The van der Waals surface area contributed by atoms with Crippen LogP contribution in [0.1, 0.15) is 39.2 Å². The predicted octanol–water partition coefficient (Wildman–Crippen LogP) is 3.99. The number of hydrogen-bond donors (Lipinski definition) is 2. The number of para-hydroxylation sites is 1. The molecule has 2 aromatic rings. The lowest BCUT2D eigenvalue weighted by Gasteiger charge is -2.26. The molecule has 0 radical (unpaired) electrons. The Bertz CT molecular complexity index is 798. The molecular formula is C20H25N3O. The van der Waals surface area contributed by atoms with Gasteiger partial charge in [0.1, 0.15) is 12.3 Å². The second-order valence-corrected chi connectivity index (χ2v) is 6.77. The maximum absolute atomic E-state index is 11.5. The highest BCUT2D eigenvalue weighted by Gasteiger charge is 2.24. The van der Waals surface area contributed by atoms with Crippen LogP contribution in [0, 0.1) is 5.92 Å². The summed E-state index contributed by atoms with van der Waals surface area (Å²) in [5, 5.41) is 4.65. The number of fused-ring (bicyclic) bond motifs is 1. The van der Waals surface area contributed by atoms with E-state index in [-0.39, 0.29) is 6.04 Å². The van der Waals surface area contributed by atoms with E-state index in [1.54, 1.807) is 0 Å². The number of benzene rings is 1. The van der Waals surface area contributed by atoms with Crippen LogP contribution in [-0.4, -0.2) is 23.0 Å². The molecule has 1 atom stereocenters. The second-order valence-electron chi connectivity index (χ2n) is 6.77. The van der Waals surface area contributed by atoms with Gasteiger partial charge < -0.3 is 15.1 Å². The van der Waals surface area contributed by atoms with Crippen LogP contribution in [0.25, 0.3) is 10.9 Å². The summed E-state index contributed by atoms with van der Waals surface area (Å²) < 4.78 is 0. The number of nitrogens with zero attached hydrogens (tertiary/aromatic N) is 1. The van der Waals surface area contributed by atoms with Gasteiger partial charge in [0.25, 0.3) is 0 Å². The highest BCUT2D eigenvalue weighted by Crippen LogP contribution is 2.25. The quantitative estimate of drug-likeness (QED) is 0.790. The van der Waals surface area contributed by atoms with E-state index in [0.717, 1.165) is 48.2 Å². The number of aromatic nitrogens is 1. The van der Waals surface area contributed by atoms with Gasteiger partial charge >= 0.3 is 0 Å². The van der Waals surface area contributed by atoms with Crippen LogP contribution in [0.5, 0.6) is 0 Å². The fraction of sp³-hybridized carbons (Fsp3) is 0.400. The van der Waals surface area contributed by atoms with Crippen molar-refractivity contribution in [1.29, 1.82) is 0 Å². The number of aromatic amines is 1. The zero-order valence-corrected chi connectivity index (χ0v) is 14.6. The van der Waals surface area contributed by atoms with Crippen LogP contribution in [0.15, 0.2) is 46.8 Å². The molecule has 2 N–H and O–H groups in total. The van der Waals surface area contributed by atoms with Crippen LogP contribution in [0.4, 0.5) is 0 Å². The third-order valence-corrected chi connectivity index (χ3v) is 4.45. The summed E-state index contributed by atoms with van der Waals surface area (Å²) in [6.07, 6.45) is 5.49. The Morgan fingerprint density at radius 2 is 2.08 bits per heavy atom. The van der Waals surface area contributed by atoms with Gasteiger partial charge in [-0.2, -0.15) is 0 Å². The molecule has 0 amide bonds. The summed E-state index contributed by atoms with van der Waals surface area (Å²) in [6.45, 7) is 6.42. The molecule has 1 aromatic carbocycles. The maximum Gasteiger partial charge on any atom is 0.148 e. The average Bonchev–Trinajstić information content (AvgIpc) is 2.98. The molecule has 0 saturated carbocycles. The number of hydrogen-bond acceptors (Lipinski definition) is 3. The third kappa shape index (κ3) is 3.28. The number of aldehydes is 1. The zero-order chi connectivity index (χ0) is 17.1. The Morgan fingerprint density at radius 1 is 1.29 bits per heavy atom. The summed E-state index contributed by atoms with van der Waals surface area (Å²) in [7, 11) is 0. The molecule has 1 aromatic heterocycles. The van der Waals surface area contributed by atoms with Crippen molar-refractivity contribution < 1.29 is 4.79 Å². The Balaban J connectivity index is 1.94. The first-order chi connectivity index (χ1) is 11.6. The van der Waals surface area contributed by atoms with Crippen LogP contribution >= 0.6 is 0 Å². The van der Waals surface area contributed by atoms with E-state index in [1.807, 2.05) is 6.07 Å². The Morgan fingerprint density at radius 3 is 2.79 bits per heavy atom. The molecule has 4 nitrogen and oxygen atoms in total. The molecule has 1 aliphatic rings. The molecule has 0 fully saturated rings. The minimum absolute atomic E-state index is 0.303. The first kappa shape index (κ1) is 16.5. The number of nitrogens with one attached hydrogen (secondary N) is 2. The van der Waals surface area contributed by atoms with Crippen molar-refractivity contribution in [2.75, 3.05) is 0 Å². The third-order valence-electron chi connectivity index (χ3n) is 4.45. The normalized spacial score (nSPS) is 18.0. The molecule has 24 heavy (non-hydrogen) atoms. The van der Waals surface area contributed by atoms with Gasteiger partial charge in [-0.3, -0.25) is 4.99 Å². The lowest BCUT2D eigenvalue weighted by atomic mass is 9.97. The summed E-state index contributed by atoms with van der Waals surface area (Å²) in [5.74, 6) is 0.487. The molecule has 0 aliphatic carbocycles. The summed E-state index contributed by atoms with van der Waals surface area (Å²) in [4.78, 5) is 19.7. The van der Waals surface area contributed by atoms with E-state index < -0.39 is 0 Å². The van der Waals surface area contributed by atoms with Crippen molar-refractivity contribution in [2.45, 2.75) is 46.1 Å². The second kappa shape index (κ2) is 7.04. The molecule has 0 spiro atoms. The standard InChI is InChI=1S/C20H25N3O/c1-4-16-19(23-20(12-24)18(22-16)9-13(2)3)10-14-11-21-17-8-6-5-7-15(14)17/h5-8,11-13,20-21,23H,4,9-10H2,1-3H3. The number of carbonyl (C=O) groups is 1. The van der Waals surface area contributed by atoms with Crippen molar-refractivity contribution >= 4 is 22.9 Å².